The van der Waals surface area contributed by atoms with Crippen LogP contribution in [0.5, 0.6) is 0 Å². The molecule has 0 radical (unpaired) electrons. The molecule has 2 nitrogen and oxygen atoms in total. The van der Waals surface area contributed by atoms with Crippen LogP contribution in [0.3, 0.4) is 0 Å². The Morgan fingerprint density at radius 1 is 0.327 bits per heavy atom. The van der Waals surface area contributed by atoms with Crippen molar-refractivity contribution in [2.45, 2.75) is 97.1 Å². The van der Waals surface area contributed by atoms with Gasteiger partial charge in [-0.05, 0) is 200 Å². The summed E-state index contributed by atoms with van der Waals surface area (Å²) in [5.41, 5.74) is 34.1. The number of fused-ring (bicyclic) bond motifs is 15. The Labute approximate surface area is 579 Å². The van der Waals surface area contributed by atoms with E-state index in [4.69, 9.17) is 6.58 Å². The lowest BCUT2D eigenvalue weighted by atomic mass is 9.80. The molecule has 5 aliphatic rings. The molecule has 13 aromatic carbocycles. The summed E-state index contributed by atoms with van der Waals surface area (Å²) < 4.78 is 0. The van der Waals surface area contributed by atoms with Crippen molar-refractivity contribution in [2.24, 2.45) is 0 Å². The molecule has 1 heterocycles. The molecule has 0 spiro atoms. The first-order valence-electron chi connectivity index (χ1n) is 35.1. The minimum Gasteiger partial charge on any atom is -0.309 e. The zero-order valence-electron chi connectivity index (χ0n) is 58.1. The van der Waals surface area contributed by atoms with Gasteiger partial charge in [-0.2, -0.15) is 0 Å². The first kappa shape index (κ1) is 59.9. The quantitative estimate of drug-likeness (QED) is 0.0583. The molecule has 3 heteroatoms. The first-order chi connectivity index (χ1) is 47.3. The van der Waals surface area contributed by atoms with Gasteiger partial charge in [0.15, 0.2) is 0 Å². The van der Waals surface area contributed by atoms with E-state index >= 15 is 0 Å². The van der Waals surface area contributed by atoms with Gasteiger partial charge in [-0.15, -0.1) is 0 Å². The molecule has 0 bridgehead atoms. The minimum absolute atomic E-state index is 0.257. The second kappa shape index (κ2) is 21.2. The Morgan fingerprint density at radius 2 is 0.724 bits per heavy atom. The minimum atomic E-state index is -2.49. The van der Waals surface area contributed by atoms with Gasteiger partial charge >= 0.3 is 0 Å². The predicted molar refractivity (Wildman–Crippen MR) is 421 cm³/mol. The topological polar surface area (TPSA) is 6.48 Å². The summed E-state index contributed by atoms with van der Waals surface area (Å²) in [5, 5.41) is 7.59. The van der Waals surface area contributed by atoms with E-state index < -0.39 is 8.07 Å². The van der Waals surface area contributed by atoms with E-state index in [0.29, 0.717) is 0 Å². The van der Waals surface area contributed by atoms with E-state index in [1.807, 2.05) is 0 Å². The summed E-state index contributed by atoms with van der Waals surface area (Å²) >= 11 is 0. The molecule has 0 unspecified atom stereocenters. The van der Waals surface area contributed by atoms with Crippen LogP contribution < -0.4 is 20.2 Å². The molecule has 13 aromatic rings. The van der Waals surface area contributed by atoms with Gasteiger partial charge in [-0.3, -0.25) is 0 Å². The lowest BCUT2D eigenvalue weighted by molar-refractivity contribution is 0.653. The number of hydrogen-bond donors (Lipinski definition) is 0. The zero-order valence-corrected chi connectivity index (χ0v) is 59.1. The molecule has 0 atom stereocenters. The molecule has 0 saturated heterocycles. The fraction of sp³-hybridized carbons (Fsp3) is 0.158. The molecule has 0 aromatic heterocycles. The average Bonchev–Trinajstić information content (AvgIpc) is 1.39. The molecule has 1 aliphatic heterocycles. The van der Waals surface area contributed by atoms with Gasteiger partial charge in [0.2, 0.25) is 0 Å². The van der Waals surface area contributed by atoms with Crippen LogP contribution in [-0.2, 0) is 21.7 Å². The maximum atomic E-state index is 4.88. The van der Waals surface area contributed by atoms with Crippen molar-refractivity contribution in [3.8, 4) is 66.8 Å². The van der Waals surface area contributed by atoms with Gasteiger partial charge in [0, 0.05) is 66.0 Å². The first-order valence-corrected chi connectivity index (χ1v) is 38.1. The van der Waals surface area contributed by atoms with Crippen LogP contribution in [0.15, 0.2) is 291 Å². The highest BCUT2D eigenvalue weighted by Crippen LogP contribution is 2.59. The summed E-state index contributed by atoms with van der Waals surface area (Å²) in [6.45, 7) is 31.7. The lowest BCUT2D eigenvalue weighted by Crippen LogP contribution is -2.49. The Kier molecular flexibility index (Phi) is 13.0. The summed E-state index contributed by atoms with van der Waals surface area (Å²) in [6.07, 6.45) is 4.63. The van der Waals surface area contributed by atoms with E-state index in [9.17, 15) is 0 Å². The third kappa shape index (κ3) is 8.45. The number of hydrogen-bond acceptors (Lipinski definition) is 2. The molecule has 474 valence electrons. The summed E-state index contributed by atoms with van der Waals surface area (Å²) in [5.74, 6) is 0. The number of anilines is 5. The highest BCUT2D eigenvalue weighted by Gasteiger charge is 2.44. The smallest absolute Gasteiger partial charge is 0.113 e. The summed E-state index contributed by atoms with van der Waals surface area (Å²) in [4.78, 5) is 5.31. The third-order valence-electron chi connectivity index (χ3n) is 23.8. The average molecular weight is 1280 g/mol. The van der Waals surface area contributed by atoms with E-state index in [0.717, 1.165) is 50.5 Å². The molecule has 4 aliphatic carbocycles. The van der Waals surface area contributed by atoms with Gasteiger partial charge in [-0.1, -0.05) is 287 Å². The van der Waals surface area contributed by atoms with Crippen molar-refractivity contribution < 1.29 is 0 Å². The van der Waals surface area contributed by atoms with Gasteiger partial charge in [0.05, 0.1) is 11.4 Å². The molecule has 0 saturated carbocycles. The van der Waals surface area contributed by atoms with Crippen molar-refractivity contribution in [3.63, 3.8) is 0 Å². The fourth-order valence-electron chi connectivity index (χ4n) is 18.6. The molecule has 0 N–H and O–H groups in total. The number of benzene rings is 13. The van der Waals surface area contributed by atoms with Crippen molar-refractivity contribution >= 4 is 74.0 Å². The Balaban J connectivity index is 1.01. The Bertz CT molecular complexity index is 5580. The monoisotopic (exact) mass is 1280 g/mol. The molecular formula is C95H80N2Si. The van der Waals surface area contributed by atoms with Crippen LogP contribution in [0, 0.1) is 0 Å². The number of allylic oxidation sites excluding steroid dienone is 4. The van der Waals surface area contributed by atoms with Gasteiger partial charge in [0.25, 0.3) is 0 Å². The molecule has 0 amide bonds. The third-order valence-corrected chi connectivity index (χ3v) is 27.4. The summed E-state index contributed by atoms with van der Waals surface area (Å²) in [7, 11) is -2.49. The zero-order chi connectivity index (χ0) is 67.1. The molecule has 18 rings (SSSR count). The predicted octanol–water partition coefficient (Wildman–Crippen LogP) is 24.5. The standard InChI is InChI=1S/C95H80N2Si/c1-13-63(52-84-58(2)67-32-20-24-36-80(67)92(84,3)4)96(64-42-47-71-68-33-21-25-37-81(68)93(5,6)85(71)53-64)90-75-46-41-61(59-28-16-14-17-29-59)50-77(75)91(79-57-89-76(56-78(79)90)74-45-40-62(51-88(74)98(89,11)12)60-30-18-15-19-31-60)97(65-43-48-72-69-34-22-26-38-82(69)94(7,8)86(72)54-65)66-44-49-73-70-35-23-27-39-83(70)95(9,10)87(73)55-66/h13-57H,1H2,2-12H3/b63-52+. The number of nitrogens with zero attached hydrogens (tertiary/aromatic N) is 2. The van der Waals surface area contributed by atoms with Crippen LogP contribution in [0.2, 0.25) is 13.1 Å². The second-order valence-corrected chi connectivity index (χ2v) is 35.2. The Hall–Kier alpha value is -10.6. The molecule has 98 heavy (non-hydrogen) atoms. The SMILES string of the molecule is C=C/C(=C\C1=C(C)c2ccccc2C1(C)C)N(c1ccc2c(c1)C(C)(C)c1ccccc1-2)c1c2ccc(-c3ccccc3)cc2c(N(c2ccc3c(c2)C(C)(C)c2ccccc2-3)c2ccc3c(c2)C(C)(C)c2ccccc2-3)c2cc3c(cc12)-c1ccc(-c2ccccc2)cc1[Si]3(C)C. The second-order valence-electron chi connectivity index (χ2n) is 30.9. The van der Waals surface area contributed by atoms with Crippen molar-refractivity contribution in [2.75, 3.05) is 9.80 Å². The van der Waals surface area contributed by atoms with E-state index in [1.54, 1.807) is 0 Å². The van der Waals surface area contributed by atoms with Crippen molar-refractivity contribution in [1.29, 1.82) is 0 Å². The summed E-state index contributed by atoms with van der Waals surface area (Å²) in [6, 6.07) is 100. The highest BCUT2D eigenvalue weighted by molar-refractivity contribution is 7.04. The fourth-order valence-corrected chi connectivity index (χ4v) is 21.7. The highest BCUT2D eigenvalue weighted by atomic mass is 28.3. The Morgan fingerprint density at radius 3 is 1.23 bits per heavy atom. The van der Waals surface area contributed by atoms with Crippen molar-refractivity contribution in [1.82, 2.24) is 0 Å². The normalized spacial score (nSPS) is 16.2. The maximum Gasteiger partial charge on any atom is 0.113 e. The van der Waals surface area contributed by atoms with Gasteiger partial charge in [-0.25, -0.2) is 0 Å². The van der Waals surface area contributed by atoms with Crippen LogP contribution in [-0.4, -0.2) is 8.07 Å². The van der Waals surface area contributed by atoms with E-state index in [2.05, 4.69) is 358 Å². The molecular weight excluding hydrogens is 1200 g/mol. The van der Waals surface area contributed by atoms with Gasteiger partial charge < -0.3 is 9.80 Å². The number of rotatable bonds is 10. The lowest BCUT2D eigenvalue weighted by Gasteiger charge is -2.35. The van der Waals surface area contributed by atoms with E-state index in [1.165, 1.54) is 138 Å². The van der Waals surface area contributed by atoms with Crippen LogP contribution in [0.4, 0.5) is 28.4 Å². The van der Waals surface area contributed by atoms with Crippen LogP contribution in [0.1, 0.15) is 107 Å². The molecule has 0 fully saturated rings. The van der Waals surface area contributed by atoms with Gasteiger partial charge in [0.1, 0.15) is 8.07 Å². The largest absolute Gasteiger partial charge is 0.309 e. The van der Waals surface area contributed by atoms with E-state index in [-0.39, 0.29) is 21.7 Å². The van der Waals surface area contributed by atoms with Crippen LogP contribution >= 0.6 is 0 Å². The maximum absolute atomic E-state index is 4.88. The van der Waals surface area contributed by atoms with Crippen LogP contribution in [0.25, 0.3) is 93.9 Å². The van der Waals surface area contributed by atoms with Crippen molar-refractivity contribution in [3.05, 3.63) is 335 Å².